The first kappa shape index (κ1) is 17.1. The molecule has 0 atom stereocenters. The van der Waals surface area contributed by atoms with Crippen LogP contribution in [0.4, 0.5) is 0 Å². The third kappa shape index (κ3) is 6.44. The third-order valence-corrected chi connectivity index (χ3v) is 3.82. The van der Waals surface area contributed by atoms with Crippen LogP contribution in [0.25, 0.3) is 0 Å². The molecule has 0 radical (unpaired) electrons. The number of thioether (sulfide) groups is 1. The van der Waals surface area contributed by atoms with Gasteiger partial charge in [-0.3, -0.25) is 4.79 Å². The summed E-state index contributed by atoms with van der Waals surface area (Å²) in [4.78, 5) is 12.6. The SMILES string of the molecule is CCOC(=O)CSc1ccc(C)cc1CNCC(C)C. The van der Waals surface area contributed by atoms with Crippen molar-refractivity contribution in [3.63, 3.8) is 0 Å². The van der Waals surface area contributed by atoms with Crippen LogP contribution in [0.3, 0.4) is 0 Å². The molecular formula is C16H25NO2S. The average molecular weight is 295 g/mol. The smallest absolute Gasteiger partial charge is 0.316 e. The van der Waals surface area contributed by atoms with Gasteiger partial charge in [0.1, 0.15) is 0 Å². The van der Waals surface area contributed by atoms with E-state index < -0.39 is 0 Å². The number of benzene rings is 1. The largest absolute Gasteiger partial charge is 0.465 e. The van der Waals surface area contributed by atoms with Crippen molar-refractivity contribution in [3.05, 3.63) is 29.3 Å². The van der Waals surface area contributed by atoms with Gasteiger partial charge in [-0.2, -0.15) is 0 Å². The molecule has 0 unspecified atom stereocenters. The summed E-state index contributed by atoms with van der Waals surface area (Å²) in [6.45, 7) is 10.6. The standard InChI is InChI=1S/C16H25NO2S/c1-5-19-16(18)11-20-15-7-6-13(4)8-14(15)10-17-9-12(2)3/h6-8,12,17H,5,9-11H2,1-4H3. The fourth-order valence-corrected chi connectivity index (χ4v) is 2.66. The van der Waals surface area contributed by atoms with Gasteiger partial charge in [0.15, 0.2) is 0 Å². The number of aryl methyl sites for hydroxylation is 1. The van der Waals surface area contributed by atoms with Crippen LogP contribution in [0.1, 0.15) is 31.9 Å². The molecule has 3 nitrogen and oxygen atoms in total. The second-order valence-electron chi connectivity index (χ2n) is 5.23. The molecule has 0 aromatic heterocycles. The minimum absolute atomic E-state index is 0.154. The van der Waals surface area contributed by atoms with Crippen LogP contribution >= 0.6 is 11.8 Å². The summed E-state index contributed by atoms with van der Waals surface area (Å²) in [6, 6.07) is 6.35. The summed E-state index contributed by atoms with van der Waals surface area (Å²) >= 11 is 1.55. The maximum Gasteiger partial charge on any atom is 0.316 e. The molecule has 0 spiro atoms. The number of hydrogen-bond donors (Lipinski definition) is 1. The van der Waals surface area contributed by atoms with Gasteiger partial charge >= 0.3 is 5.97 Å². The minimum Gasteiger partial charge on any atom is -0.465 e. The number of carbonyl (C=O) groups is 1. The molecule has 1 aromatic carbocycles. The molecule has 112 valence electrons. The highest BCUT2D eigenvalue weighted by Gasteiger charge is 2.08. The molecule has 20 heavy (non-hydrogen) atoms. The zero-order valence-corrected chi connectivity index (χ0v) is 13.7. The van der Waals surface area contributed by atoms with Gasteiger partial charge in [0.2, 0.25) is 0 Å². The van der Waals surface area contributed by atoms with Gasteiger partial charge in [-0.25, -0.2) is 0 Å². The third-order valence-electron chi connectivity index (χ3n) is 2.73. The highest BCUT2D eigenvalue weighted by molar-refractivity contribution is 8.00. The summed E-state index contributed by atoms with van der Waals surface area (Å²) in [6.07, 6.45) is 0. The summed E-state index contributed by atoms with van der Waals surface area (Å²) in [5, 5.41) is 3.45. The van der Waals surface area contributed by atoms with E-state index in [-0.39, 0.29) is 5.97 Å². The summed E-state index contributed by atoms with van der Waals surface area (Å²) < 4.78 is 4.96. The maximum absolute atomic E-state index is 11.4. The first-order valence-electron chi connectivity index (χ1n) is 7.11. The topological polar surface area (TPSA) is 38.3 Å². The van der Waals surface area contributed by atoms with Gasteiger partial charge in [0, 0.05) is 11.4 Å². The van der Waals surface area contributed by atoms with E-state index in [0.717, 1.165) is 18.0 Å². The van der Waals surface area contributed by atoms with Crippen LogP contribution in [0, 0.1) is 12.8 Å². The highest BCUT2D eigenvalue weighted by Crippen LogP contribution is 2.24. The average Bonchev–Trinajstić information content (AvgIpc) is 2.37. The molecule has 0 saturated heterocycles. The van der Waals surface area contributed by atoms with Gasteiger partial charge < -0.3 is 10.1 Å². The first-order valence-corrected chi connectivity index (χ1v) is 8.10. The van der Waals surface area contributed by atoms with Gasteiger partial charge in [-0.15, -0.1) is 11.8 Å². The van der Waals surface area contributed by atoms with Gasteiger partial charge in [0.25, 0.3) is 0 Å². The number of nitrogens with one attached hydrogen (secondary N) is 1. The van der Waals surface area contributed by atoms with Gasteiger partial charge in [0.05, 0.1) is 12.4 Å². The first-order chi connectivity index (χ1) is 9.52. The zero-order valence-electron chi connectivity index (χ0n) is 12.9. The van der Waals surface area contributed by atoms with Crippen LogP contribution in [0.5, 0.6) is 0 Å². The molecule has 1 N–H and O–H groups in total. The Kier molecular flexibility index (Phi) is 7.70. The second kappa shape index (κ2) is 9.03. The molecule has 1 rings (SSSR count). The normalized spacial score (nSPS) is 10.8. The van der Waals surface area contributed by atoms with Crippen molar-refractivity contribution < 1.29 is 9.53 Å². The molecule has 1 aromatic rings. The van der Waals surface area contributed by atoms with Crippen molar-refractivity contribution >= 4 is 17.7 Å². The highest BCUT2D eigenvalue weighted by atomic mass is 32.2. The van der Waals surface area contributed by atoms with Crippen molar-refractivity contribution in [2.45, 2.75) is 39.1 Å². The van der Waals surface area contributed by atoms with E-state index >= 15 is 0 Å². The predicted molar refractivity (Wildman–Crippen MR) is 85.1 cm³/mol. The van der Waals surface area contributed by atoms with Crippen LogP contribution in [-0.2, 0) is 16.1 Å². The number of esters is 1. The molecule has 0 aliphatic carbocycles. The van der Waals surface area contributed by atoms with Crippen LogP contribution in [-0.4, -0.2) is 24.9 Å². The molecule has 0 saturated carbocycles. The Labute approximate surface area is 126 Å². The summed E-state index contributed by atoms with van der Waals surface area (Å²) in [7, 11) is 0. The molecule has 0 aliphatic heterocycles. The minimum atomic E-state index is -0.154. The second-order valence-corrected chi connectivity index (χ2v) is 6.25. The van der Waals surface area contributed by atoms with Crippen molar-refractivity contribution in [2.75, 3.05) is 18.9 Å². The molecule has 0 amide bonds. The Morgan fingerprint density at radius 1 is 1.40 bits per heavy atom. The lowest BCUT2D eigenvalue weighted by molar-refractivity contribution is -0.139. The van der Waals surface area contributed by atoms with E-state index in [9.17, 15) is 4.79 Å². The lowest BCUT2D eigenvalue weighted by atomic mass is 10.1. The van der Waals surface area contributed by atoms with Crippen LogP contribution < -0.4 is 5.32 Å². The van der Waals surface area contributed by atoms with Crippen LogP contribution in [0.2, 0.25) is 0 Å². The Morgan fingerprint density at radius 2 is 2.15 bits per heavy atom. The Bertz CT molecular complexity index is 432. The number of hydrogen-bond acceptors (Lipinski definition) is 4. The summed E-state index contributed by atoms with van der Waals surface area (Å²) in [5.41, 5.74) is 2.49. The monoisotopic (exact) mass is 295 g/mol. The molecule has 0 fully saturated rings. The number of ether oxygens (including phenoxy) is 1. The van der Waals surface area contributed by atoms with E-state index in [0.29, 0.717) is 18.3 Å². The number of carbonyl (C=O) groups excluding carboxylic acids is 1. The van der Waals surface area contributed by atoms with E-state index in [1.807, 2.05) is 6.92 Å². The summed E-state index contributed by atoms with van der Waals surface area (Å²) in [5.74, 6) is 0.850. The van der Waals surface area contributed by atoms with Crippen molar-refractivity contribution in [2.24, 2.45) is 5.92 Å². The van der Waals surface area contributed by atoms with Crippen molar-refractivity contribution in [3.8, 4) is 0 Å². The quantitative estimate of drug-likeness (QED) is 0.589. The van der Waals surface area contributed by atoms with E-state index in [2.05, 4.69) is 44.3 Å². The van der Waals surface area contributed by atoms with Gasteiger partial charge in [-0.1, -0.05) is 31.5 Å². The van der Waals surface area contributed by atoms with E-state index in [1.54, 1.807) is 11.8 Å². The zero-order chi connectivity index (χ0) is 15.0. The maximum atomic E-state index is 11.4. The molecule has 0 aliphatic rings. The van der Waals surface area contributed by atoms with Crippen LogP contribution in [0.15, 0.2) is 23.1 Å². The predicted octanol–water partition coefficient (Wildman–Crippen LogP) is 3.40. The van der Waals surface area contributed by atoms with Crippen molar-refractivity contribution in [1.82, 2.24) is 5.32 Å². The lowest BCUT2D eigenvalue weighted by Gasteiger charge is -2.12. The van der Waals surface area contributed by atoms with Crippen molar-refractivity contribution in [1.29, 1.82) is 0 Å². The Balaban J connectivity index is 2.62. The molecule has 4 heteroatoms. The molecular weight excluding hydrogens is 270 g/mol. The molecule has 0 heterocycles. The fraction of sp³-hybridized carbons (Fsp3) is 0.562. The molecule has 0 bridgehead atoms. The fourth-order valence-electron chi connectivity index (χ4n) is 1.82. The lowest BCUT2D eigenvalue weighted by Crippen LogP contribution is -2.19. The van der Waals surface area contributed by atoms with E-state index in [1.165, 1.54) is 11.1 Å². The van der Waals surface area contributed by atoms with E-state index in [4.69, 9.17) is 4.74 Å². The Hall–Kier alpha value is -1.00. The number of rotatable bonds is 8. The van der Waals surface area contributed by atoms with Gasteiger partial charge in [-0.05, 0) is 37.9 Å². The Morgan fingerprint density at radius 3 is 2.80 bits per heavy atom.